The molecule has 1 heterocycles. The van der Waals surface area contributed by atoms with Crippen molar-refractivity contribution in [2.45, 2.75) is 29.9 Å². The van der Waals surface area contributed by atoms with E-state index in [0.29, 0.717) is 11.2 Å². The van der Waals surface area contributed by atoms with Crippen molar-refractivity contribution in [2.75, 3.05) is 0 Å². The van der Waals surface area contributed by atoms with Gasteiger partial charge in [-0.25, -0.2) is 0 Å². The summed E-state index contributed by atoms with van der Waals surface area (Å²) in [5.74, 6) is 0.689. The molecular weight excluding hydrogens is 200 g/mol. The minimum absolute atomic E-state index is 0.689. The van der Waals surface area contributed by atoms with Crippen LogP contribution in [0.3, 0.4) is 0 Å². The van der Waals surface area contributed by atoms with Gasteiger partial charge in [0.2, 0.25) is 0 Å². The number of fused-ring (bicyclic) bond motifs is 3. The van der Waals surface area contributed by atoms with Crippen molar-refractivity contribution in [3.63, 3.8) is 0 Å². The molecule has 0 amide bonds. The molecule has 1 aliphatic rings. The molecule has 1 heteroatoms. The summed E-state index contributed by atoms with van der Waals surface area (Å²) >= 11 is 2.03. The second-order valence-electron chi connectivity index (χ2n) is 4.32. The van der Waals surface area contributed by atoms with Crippen LogP contribution < -0.4 is 0 Å². The van der Waals surface area contributed by atoms with Crippen molar-refractivity contribution in [1.29, 1.82) is 0 Å². The third-order valence-electron chi connectivity index (χ3n) is 3.41. The maximum absolute atomic E-state index is 2.33. The average Bonchev–Trinajstić information content (AvgIpc) is 2.56. The Balaban J connectivity index is 2.33. The van der Waals surface area contributed by atoms with Gasteiger partial charge in [-0.05, 0) is 22.3 Å². The fourth-order valence-corrected chi connectivity index (χ4v) is 3.72. The monoisotopic (exact) mass is 214 g/mol. The van der Waals surface area contributed by atoms with Gasteiger partial charge in [-0.2, -0.15) is 0 Å². The second kappa shape index (κ2) is 3.28. The molecule has 0 saturated heterocycles. The fourth-order valence-electron chi connectivity index (χ4n) is 2.29. The molecule has 2 atom stereocenters. The minimum atomic E-state index is 0.689. The first-order valence-corrected chi connectivity index (χ1v) is 6.33. The van der Waals surface area contributed by atoms with Crippen molar-refractivity contribution >= 4 is 22.5 Å². The third kappa shape index (κ3) is 1.30. The Bertz CT molecular complexity index is 516. The lowest BCUT2D eigenvalue weighted by molar-refractivity contribution is 0.763. The summed E-state index contributed by atoms with van der Waals surface area (Å²) in [6.45, 7) is 4.66. The van der Waals surface area contributed by atoms with Crippen molar-refractivity contribution < 1.29 is 0 Å². The predicted molar refractivity (Wildman–Crippen MR) is 67.7 cm³/mol. The highest BCUT2D eigenvalue weighted by Gasteiger charge is 2.27. The molecule has 0 N–H and O–H groups in total. The van der Waals surface area contributed by atoms with Crippen molar-refractivity contribution in [2.24, 2.45) is 0 Å². The van der Waals surface area contributed by atoms with Crippen LogP contribution in [0.25, 0.3) is 10.8 Å². The molecule has 15 heavy (non-hydrogen) atoms. The topological polar surface area (TPSA) is 0 Å². The maximum atomic E-state index is 2.33. The van der Waals surface area contributed by atoms with Gasteiger partial charge in [0.25, 0.3) is 0 Å². The van der Waals surface area contributed by atoms with E-state index in [2.05, 4.69) is 50.2 Å². The molecule has 0 aromatic heterocycles. The van der Waals surface area contributed by atoms with Crippen LogP contribution in [0.1, 0.15) is 25.3 Å². The summed E-state index contributed by atoms with van der Waals surface area (Å²) in [5.41, 5.74) is 1.53. The molecule has 0 radical (unpaired) electrons. The maximum Gasteiger partial charge on any atom is 0.0189 e. The van der Waals surface area contributed by atoms with Crippen LogP contribution in [0.4, 0.5) is 0 Å². The number of thioether (sulfide) groups is 1. The lowest BCUT2D eigenvalue weighted by Crippen LogP contribution is -1.99. The standard InChI is InChI=1S/C14H14S/c1-9-10(2)15-14-12(9)8-7-11-5-3-4-6-13(11)14/h3-10H,1-2H3. The zero-order valence-corrected chi connectivity index (χ0v) is 9.84. The summed E-state index contributed by atoms with van der Waals surface area (Å²) in [6.07, 6.45) is 0. The van der Waals surface area contributed by atoms with Crippen LogP contribution in [0, 0.1) is 0 Å². The summed E-state index contributed by atoms with van der Waals surface area (Å²) in [6, 6.07) is 13.2. The average molecular weight is 214 g/mol. The lowest BCUT2D eigenvalue weighted by atomic mass is 9.96. The Labute approximate surface area is 94.7 Å². The summed E-state index contributed by atoms with van der Waals surface area (Å²) in [7, 11) is 0. The van der Waals surface area contributed by atoms with Crippen LogP contribution in [-0.4, -0.2) is 5.25 Å². The van der Waals surface area contributed by atoms with Gasteiger partial charge in [0, 0.05) is 10.1 Å². The van der Waals surface area contributed by atoms with Crippen molar-refractivity contribution in [1.82, 2.24) is 0 Å². The van der Waals surface area contributed by atoms with Crippen molar-refractivity contribution in [3.8, 4) is 0 Å². The second-order valence-corrected chi connectivity index (χ2v) is 5.70. The van der Waals surface area contributed by atoms with Crippen molar-refractivity contribution in [3.05, 3.63) is 42.0 Å². The van der Waals surface area contributed by atoms with Gasteiger partial charge in [0.05, 0.1) is 0 Å². The highest BCUT2D eigenvalue weighted by Crippen LogP contribution is 2.47. The molecule has 0 saturated carbocycles. The molecule has 0 bridgehead atoms. The minimum Gasteiger partial charge on any atom is -0.121 e. The zero-order valence-electron chi connectivity index (χ0n) is 9.03. The van der Waals surface area contributed by atoms with Gasteiger partial charge in [-0.15, -0.1) is 11.8 Å². The molecule has 2 aromatic carbocycles. The van der Waals surface area contributed by atoms with E-state index in [9.17, 15) is 0 Å². The lowest BCUT2D eigenvalue weighted by Gasteiger charge is -2.07. The van der Waals surface area contributed by atoms with E-state index < -0.39 is 0 Å². The quantitative estimate of drug-likeness (QED) is 0.625. The normalized spacial score (nSPS) is 24.4. The largest absolute Gasteiger partial charge is 0.121 e. The first-order valence-electron chi connectivity index (χ1n) is 5.45. The zero-order chi connectivity index (χ0) is 10.4. The fraction of sp³-hybridized carbons (Fsp3) is 0.286. The Kier molecular flexibility index (Phi) is 2.03. The van der Waals surface area contributed by atoms with Crippen LogP contribution in [0.5, 0.6) is 0 Å². The Morgan fingerprint density at radius 3 is 2.67 bits per heavy atom. The molecule has 2 aromatic rings. The Morgan fingerprint density at radius 2 is 1.80 bits per heavy atom. The van der Waals surface area contributed by atoms with Crippen LogP contribution in [-0.2, 0) is 0 Å². The van der Waals surface area contributed by atoms with Crippen LogP contribution in [0.2, 0.25) is 0 Å². The van der Waals surface area contributed by atoms with Crippen LogP contribution in [0.15, 0.2) is 41.3 Å². The van der Waals surface area contributed by atoms with E-state index in [1.54, 1.807) is 0 Å². The highest BCUT2D eigenvalue weighted by atomic mass is 32.2. The Morgan fingerprint density at radius 1 is 1.00 bits per heavy atom. The SMILES string of the molecule is CC1Sc2c(ccc3ccccc23)C1C. The molecule has 0 aliphatic carbocycles. The Hall–Kier alpha value is -0.950. The van der Waals surface area contributed by atoms with E-state index in [1.807, 2.05) is 11.8 Å². The number of hydrogen-bond donors (Lipinski definition) is 0. The molecule has 2 unspecified atom stereocenters. The number of benzene rings is 2. The van der Waals surface area contributed by atoms with Gasteiger partial charge >= 0.3 is 0 Å². The molecule has 0 fully saturated rings. The van der Waals surface area contributed by atoms with Gasteiger partial charge < -0.3 is 0 Å². The molecule has 3 rings (SSSR count). The number of hydrogen-bond acceptors (Lipinski definition) is 1. The first-order chi connectivity index (χ1) is 7.27. The summed E-state index contributed by atoms with van der Waals surface area (Å²) in [4.78, 5) is 1.51. The highest BCUT2D eigenvalue weighted by molar-refractivity contribution is 8.00. The van der Waals surface area contributed by atoms with Gasteiger partial charge in [-0.1, -0.05) is 50.2 Å². The third-order valence-corrected chi connectivity index (χ3v) is 4.88. The molecule has 1 aliphatic heterocycles. The predicted octanol–water partition coefficient (Wildman–Crippen LogP) is 4.44. The number of rotatable bonds is 0. The summed E-state index contributed by atoms with van der Waals surface area (Å²) < 4.78 is 0. The van der Waals surface area contributed by atoms with E-state index >= 15 is 0 Å². The molecule has 0 nitrogen and oxygen atoms in total. The van der Waals surface area contributed by atoms with E-state index in [4.69, 9.17) is 0 Å². The van der Waals surface area contributed by atoms with E-state index in [0.717, 1.165) is 0 Å². The van der Waals surface area contributed by atoms with E-state index in [1.165, 1.54) is 21.2 Å². The summed E-state index contributed by atoms with van der Waals surface area (Å²) in [5, 5.41) is 3.51. The van der Waals surface area contributed by atoms with Gasteiger partial charge in [0.1, 0.15) is 0 Å². The molecule has 0 spiro atoms. The first kappa shape index (κ1) is 9.29. The van der Waals surface area contributed by atoms with E-state index in [-0.39, 0.29) is 0 Å². The smallest absolute Gasteiger partial charge is 0.0189 e. The molecule has 76 valence electrons. The van der Waals surface area contributed by atoms with Gasteiger partial charge in [0.15, 0.2) is 0 Å². The van der Waals surface area contributed by atoms with Gasteiger partial charge in [-0.3, -0.25) is 0 Å². The molecular formula is C14H14S. The van der Waals surface area contributed by atoms with Crippen LogP contribution >= 0.6 is 11.8 Å².